The number of benzene rings is 1. The van der Waals surface area contributed by atoms with Crippen molar-refractivity contribution in [3.8, 4) is 5.69 Å². The van der Waals surface area contributed by atoms with Gasteiger partial charge in [-0.15, -0.1) is 5.10 Å². The van der Waals surface area contributed by atoms with Gasteiger partial charge in [-0.2, -0.15) is 4.98 Å². The number of nitrogens with one attached hydrogen (secondary N) is 1. The molecular weight excluding hydrogens is 442 g/mol. The van der Waals surface area contributed by atoms with Crippen LogP contribution in [0.15, 0.2) is 36.6 Å². The minimum atomic E-state index is -2.72. The molecule has 8 nitrogen and oxygen atoms in total. The molecule has 0 radical (unpaired) electrons. The molecule has 33 heavy (non-hydrogen) atoms. The van der Waals surface area contributed by atoms with Gasteiger partial charge in [-0.25, -0.2) is 27.2 Å². The van der Waals surface area contributed by atoms with E-state index in [0.717, 1.165) is 29.9 Å². The van der Waals surface area contributed by atoms with Crippen molar-refractivity contribution in [3.63, 3.8) is 0 Å². The van der Waals surface area contributed by atoms with E-state index in [1.165, 1.54) is 12.1 Å². The first-order valence-corrected chi connectivity index (χ1v) is 10.4. The smallest absolute Gasteiger partial charge is 0.264 e. The predicted octanol–water partition coefficient (Wildman–Crippen LogP) is 3.14. The van der Waals surface area contributed by atoms with E-state index >= 15 is 0 Å². The Kier molecular flexibility index (Phi) is 5.52. The fourth-order valence-electron chi connectivity index (χ4n) is 3.82. The highest BCUT2D eigenvalue weighted by Crippen LogP contribution is 2.28. The van der Waals surface area contributed by atoms with Crippen LogP contribution in [0.4, 0.5) is 35.1 Å². The zero-order valence-corrected chi connectivity index (χ0v) is 17.4. The normalized spacial score (nSPS) is 17.8. The lowest BCUT2D eigenvalue weighted by Gasteiger charge is -2.42. The van der Waals surface area contributed by atoms with Crippen molar-refractivity contribution in [2.24, 2.45) is 0 Å². The summed E-state index contributed by atoms with van der Waals surface area (Å²) in [4.78, 5) is 12.6. The Hall–Kier alpha value is -3.25. The molecule has 12 heteroatoms. The number of piperazine rings is 1. The SMILES string of the molecule is [2H]c1nc(Nc2cc(C(F)F)cc(N3CCN(C4COC4)CC3)n2)nn1-c1cc(F)cc(F)c1. The molecule has 4 heterocycles. The molecule has 2 saturated heterocycles. The molecule has 0 amide bonds. The number of hydrogen-bond donors (Lipinski definition) is 1. The summed E-state index contributed by atoms with van der Waals surface area (Å²) in [7, 11) is 0. The van der Waals surface area contributed by atoms with E-state index in [0.29, 0.717) is 44.2 Å². The molecule has 0 unspecified atom stereocenters. The highest BCUT2D eigenvalue weighted by atomic mass is 19.3. The summed E-state index contributed by atoms with van der Waals surface area (Å²) in [6.45, 7) is 4.24. The molecule has 1 aromatic carbocycles. The molecule has 0 spiro atoms. The minimum Gasteiger partial charge on any atom is -0.378 e. The summed E-state index contributed by atoms with van der Waals surface area (Å²) in [5.74, 6) is -1.32. The van der Waals surface area contributed by atoms with Crippen molar-refractivity contribution < 1.29 is 23.7 Å². The van der Waals surface area contributed by atoms with Gasteiger partial charge in [0.2, 0.25) is 5.95 Å². The fraction of sp³-hybridized carbons (Fsp3) is 0.381. The Morgan fingerprint density at radius 3 is 2.39 bits per heavy atom. The topological polar surface area (TPSA) is 71.3 Å². The Labute approximate surface area is 188 Å². The van der Waals surface area contributed by atoms with Crippen LogP contribution >= 0.6 is 0 Å². The van der Waals surface area contributed by atoms with Crippen molar-refractivity contribution in [3.05, 3.63) is 53.8 Å². The maximum atomic E-state index is 13.6. The highest BCUT2D eigenvalue weighted by Gasteiger charge is 2.29. The van der Waals surface area contributed by atoms with Crippen LogP contribution in [0.25, 0.3) is 5.69 Å². The van der Waals surface area contributed by atoms with Crippen molar-refractivity contribution in [1.29, 1.82) is 0 Å². The standard InChI is InChI=1S/C21H21F4N7O/c22-14-7-15(23)9-16(8-14)32-12-26-21(29-32)28-18-5-13(20(24)25)6-19(27-18)31-3-1-30(2-4-31)17-10-33-11-17/h5-9,12,17,20H,1-4,10-11H2,(H,27,28,29)/i12D. The summed E-state index contributed by atoms with van der Waals surface area (Å²) >= 11 is 0. The molecule has 1 N–H and O–H groups in total. The van der Waals surface area contributed by atoms with E-state index in [1.807, 2.05) is 4.90 Å². The molecular formula is C21H21F4N7O. The molecule has 0 aliphatic carbocycles. The largest absolute Gasteiger partial charge is 0.378 e. The molecule has 3 aromatic rings. The van der Waals surface area contributed by atoms with Crippen LogP contribution in [0.1, 0.15) is 13.4 Å². The molecule has 0 saturated carbocycles. The molecule has 0 bridgehead atoms. The van der Waals surface area contributed by atoms with Crippen LogP contribution < -0.4 is 10.2 Å². The average Bonchev–Trinajstić information content (AvgIpc) is 3.12. The second kappa shape index (κ2) is 8.94. The summed E-state index contributed by atoms with van der Waals surface area (Å²) < 4.78 is 68.4. The van der Waals surface area contributed by atoms with E-state index in [4.69, 9.17) is 6.11 Å². The molecule has 2 aromatic heterocycles. The molecule has 2 aliphatic rings. The third kappa shape index (κ3) is 4.76. The van der Waals surface area contributed by atoms with Gasteiger partial charge in [-0.1, -0.05) is 0 Å². The van der Waals surface area contributed by atoms with Gasteiger partial charge in [0.25, 0.3) is 6.43 Å². The Morgan fingerprint density at radius 1 is 1.03 bits per heavy atom. The van der Waals surface area contributed by atoms with Gasteiger partial charge in [0.15, 0.2) is 0 Å². The van der Waals surface area contributed by atoms with Gasteiger partial charge in [0, 0.05) is 37.8 Å². The number of hydrogen-bond acceptors (Lipinski definition) is 7. The maximum Gasteiger partial charge on any atom is 0.264 e. The van der Waals surface area contributed by atoms with E-state index in [1.54, 1.807) is 0 Å². The van der Waals surface area contributed by atoms with E-state index < -0.39 is 24.4 Å². The van der Waals surface area contributed by atoms with Crippen molar-refractivity contribution in [2.75, 3.05) is 49.6 Å². The van der Waals surface area contributed by atoms with Crippen molar-refractivity contribution >= 4 is 17.6 Å². The number of aromatic nitrogens is 4. The number of rotatable bonds is 6. The number of nitrogens with zero attached hydrogens (tertiary/aromatic N) is 6. The van der Waals surface area contributed by atoms with Crippen LogP contribution in [0.2, 0.25) is 0 Å². The van der Waals surface area contributed by atoms with Gasteiger partial charge in [-0.3, -0.25) is 4.90 Å². The third-order valence-electron chi connectivity index (χ3n) is 5.64. The summed E-state index contributed by atoms with van der Waals surface area (Å²) in [6.07, 6.45) is -3.11. The summed E-state index contributed by atoms with van der Waals surface area (Å²) in [5.41, 5.74) is -0.257. The van der Waals surface area contributed by atoms with E-state index in [2.05, 4.69) is 25.3 Å². The first-order valence-electron chi connectivity index (χ1n) is 10.9. The number of halogens is 4. The molecule has 2 aliphatic heterocycles. The van der Waals surface area contributed by atoms with Gasteiger partial charge in [0.05, 0.1) is 24.9 Å². The number of ether oxygens (including phenoxy) is 1. The second-order valence-corrected chi connectivity index (χ2v) is 7.86. The highest BCUT2D eigenvalue weighted by molar-refractivity contribution is 5.56. The van der Waals surface area contributed by atoms with E-state index in [9.17, 15) is 17.6 Å². The molecule has 2 fully saturated rings. The zero-order valence-electron chi connectivity index (χ0n) is 18.4. The quantitative estimate of drug-likeness (QED) is 0.562. The first kappa shape index (κ1) is 20.4. The Bertz CT molecular complexity index is 1160. The van der Waals surface area contributed by atoms with E-state index in [-0.39, 0.29) is 23.0 Å². The van der Waals surface area contributed by atoms with Gasteiger partial charge in [0.1, 0.15) is 30.9 Å². The van der Waals surface area contributed by atoms with Crippen molar-refractivity contribution in [2.45, 2.75) is 12.5 Å². The average molecular weight is 464 g/mol. The lowest BCUT2D eigenvalue weighted by molar-refractivity contribution is -0.0661. The summed E-state index contributed by atoms with van der Waals surface area (Å²) in [6, 6.07) is 5.65. The van der Waals surface area contributed by atoms with Crippen LogP contribution in [0.3, 0.4) is 0 Å². The van der Waals surface area contributed by atoms with Crippen LogP contribution in [-0.2, 0) is 4.74 Å². The number of alkyl halides is 2. The minimum absolute atomic E-state index is 0.0345. The Balaban J connectivity index is 1.37. The van der Waals surface area contributed by atoms with Gasteiger partial charge >= 0.3 is 0 Å². The fourth-order valence-corrected chi connectivity index (χ4v) is 3.82. The van der Waals surface area contributed by atoms with Crippen LogP contribution in [0.5, 0.6) is 0 Å². The molecule has 5 rings (SSSR count). The van der Waals surface area contributed by atoms with Gasteiger partial charge in [-0.05, 0) is 24.3 Å². The third-order valence-corrected chi connectivity index (χ3v) is 5.64. The van der Waals surface area contributed by atoms with Crippen LogP contribution in [0, 0.1) is 11.6 Å². The second-order valence-electron chi connectivity index (χ2n) is 7.86. The summed E-state index contributed by atoms with van der Waals surface area (Å²) in [5, 5.41) is 6.77. The van der Waals surface area contributed by atoms with Gasteiger partial charge < -0.3 is 15.0 Å². The lowest BCUT2D eigenvalue weighted by atomic mass is 10.1. The molecule has 0 atom stereocenters. The van der Waals surface area contributed by atoms with Crippen LogP contribution in [-0.4, -0.2) is 70.1 Å². The Morgan fingerprint density at radius 2 is 1.76 bits per heavy atom. The van der Waals surface area contributed by atoms with Crippen molar-refractivity contribution in [1.82, 2.24) is 24.6 Å². The number of anilines is 3. The number of pyridine rings is 1. The predicted molar refractivity (Wildman–Crippen MR) is 112 cm³/mol. The first-order chi connectivity index (χ1) is 16.4. The lowest BCUT2D eigenvalue weighted by Crippen LogP contribution is -2.56. The molecule has 174 valence electrons. The zero-order chi connectivity index (χ0) is 23.8. The monoisotopic (exact) mass is 464 g/mol. The maximum absolute atomic E-state index is 13.6.